The minimum Gasteiger partial charge on any atom is -0.399 e. The van der Waals surface area contributed by atoms with Crippen LogP contribution in [0.1, 0.15) is 52.9 Å². The van der Waals surface area contributed by atoms with Crippen molar-refractivity contribution in [2.75, 3.05) is 47.4 Å². The van der Waals surface area contributed by atoms with E-state index in [1.807, 2.05) is 64.4 Å². The van der Waals surface area contributed by atoms with Crippen molar-refractivity contribution in [1.82, 2.24) is 39.5 Å². The van der Waals surface area contributed by atoms with Crippen molar-refractivity contribution in [3.63, 3.8) is 0 Å². The summed E-state index contributed by atoms with van der Waals surface area (Å²) in [5, 5.41) is 16.5. The molecule has 0 atom stereocenters. The molecule has 1 saturated heterocycles. The monoisotopic (exact) mass is 1000 g/mol. The van der Waals surface area contributed by atoms with Crippen LogP contribution in [0.2, 0.25) is 0 Å². The van der Waals surface area contributed by atoms with Gasteiger partial charge in [-0.15, -0.1) is 0 Å². The van der Waals surface area contributed by atoms with Crippen LogP contribution in [0.25, 0.3) is 22.6 Å². The van der Waals surface area contributed by atoms with E-state index in [-0.39, 0.29) is 35.5 Å². The molecule has 6 aromatic heterocycles. The van der Waals surface area contributed by atoms with Crippen LogP contribution in [0.5, 0.6) is 0 Å². The fraction of sp³-hybridized carbons (Fsp3) is 0.333. The smallest absolute Gasteiger partial charge is 0.399 e. The van der Waals surface area contributed by atoms with Crippen molar-refractivity contribution in [2.24, 2.45) is 10.3 Å². The molecule has 3 aliphatic rings. The van der Waals surface area contributed by atoms with E-state index in [9.17, 15) is 16.8 Å². The first-order chi connectivity index (χ1) is 31.3. The van der Waals surface area contributed by atoms with Gasteiger partial charge in [0.25, 0.3) is 0 Å². The van der Waals surface area contributed by atoms with E-state index in [0.717, 1.165) is 22.4 Å². The van der Waals surface area contributed by atoms with Gasteiger partial charge in [-0.2, -0.15) is 10.2 Å². The second-order valence-electron chi connectivity index (χ2n) is 15.8. The zero-order chi connectivity index (χ0) is 47.4. The Hall–Kier alpha value is -6.08. The van der Waals surface area contributed by atoms with Gasteiger partial charge >= 0.3 is 7.12 Å². The van der Waals surface area contributed by atoms with Crippen LogP contribution >= 0.6 is 15.9 Å². The van der Waals surface area contributed by atoms with Gasteiger partial charge in [0.1, 0.15) is 52.1 Å². The Morgan fingerprint density at radius 2 is 1.20 bits per heavy atom. The Balaban J connectivity index is 0.000000152. The summed E-state index contributed by atoms with van der Waals surface area (Å²) >= 11 is 3.26. The van der Waals surface area contributed by atoms with Crippen LogP contribution in [0, 0.1) is 0 Å². The summed E-state index contributed by atoms with van der Waals surface area (Å²) in [4.78, 5) is 27.2. The number of sulfonamides is 2. The van der Waals surface area contributed by atoms with E-state index < -0.39 is 20.0 Å². The molecule has 0 radical (unpaired) electrons. The molecule has 0 unspecified atom stereocenters. The van der Waals surface area contributed by atoms with Crippen molar-refractivity contribution in [3.8, 4) is 22.6 Å². The Bertz CT molecular complexity index is 2960. The van der Waals surface area contributed by atoms with Crippen molar-refractivity contribution in [2.45, 2.75) is 52.7 Å². The van der Waals surface area contributed by atoms with Gasteiger partial charge in [-0.1, -0.05) is 10.3 Å². The molecule has 0 aliphatic carbocycles. The summed E-state index contributed by atoms with van der Waals surface area (Å²) in [7, 11) is -4.28. The SMILES string of the molecule is CC1(C)OB(c2cnn(-c3cccnc3)c2)OC1(C)C.CCO/N=C1\CS(=O)(=O)N(C)c2ccc(-c3cnn(-c4cccnc4)c3)nc21.CCO/N=C1\CS(=O)(=O)N(C)c2ccc(Br)nc21. The van der Waals surface area contributed by atoms with Gasteiger partial charge in [-0.25, -0.2) is 36.2 Å². The van der Waals surface area contributed by atoms with Gasteiger partial charge in [0.2, 0.25) is 20.0 Å². The lowest BCUT2D eigenvalue weighted by atomic mass is 9.82. The molecule has 346 valence electrons. The molecule has 6 aromatic rings. The first-order valence-electron chi connectivity index (χ1n) is 20.6. The Kier molecular flexibility index (Phi) is 14.1. The van der Waals surface area contributed by atoms with Crippen molar-refractivity contribution in [1.29, 1.82) is 0 Å². The number of fused-ring (bicyclic) bond motifs is 2. The molecule has 0 amide bonds. The van der Waals surface area contributed by atoms with Gasteiger partial charge in [0.05, 0.1) is 58.2 Å². The van der Waals surface area contributed by atoms with Crippen LogP contribution in [0.15, 0.2) is 113 Å². The van der Waals surface area contributed by atoms with Gasteiger partial charge in [0, 0.05) is 56.1 Å². The molecule has 9 rings (SSSR count). The minimum absolute atomic E-state index is 0.208. The number of oxime groups is 2. The topological polar surface area (TPSA) is 224 Å². The molecule has 66 heavy (non-hydrogen) atoms. The third-order valence-corrected chi connectivity index (χ3v) is 14.6. The molecule has 0 spiro atoms. The number of pyridine rings is 4. The first kappa shape index (κ1) is 47.9. The number of hydrogen-bond donors (Lipinski definition) is 0. The molecule has 20 nitrogen and oxygen atoms in total. The van der Waals surface area contributed by atoms with Crippen molar-refractivity contribution in [3.05, 3.63) is 114 Å². The fourth-order valence-electron chi connectivity index (χ4n) is 6.53. The summed E-state index contributed by atoms with van der Waals surface area (Å²) in [5.41, 5.74) is 6.01. The number of nitrogens with zero attached hydrogens (tertiary/aromatic N) is 12. The van der Waals surface area contributed by atoms with E-state index in [1.165, 1.54) is 22.7 Å². The lowest BCUT2D eigenvalue weighted by molar-refractivity contribution is 0.00578. The third-order valence-electron chi connectivity index (χ3n) is 10.8. The molecular weight excluding hydrogens is 955 g/mol. The minimum atomic E-state index is -3.50. The number of anilines is 2. The summed E-state index contributed by atoms with van der Waals surface area (Å²) in [5.74, 6) is -0.470. The number of halogens is 1. The Morgan fingerprint density at radius 3 is 1.71 bits per heavy atom. The molecule has 0 saturated carbocycles. The van der Waals surface area contributed by atoms with Gasteiger partial charge < -0.3 is 19.0 Å². The Morgan fingerprint density at radius 1 is 0.697 bits per heavy atom. The van der Waals surface area contributed by atoms with Crippen LogP contribution in [-0.4, -0.2) is 125 Å². The van der Waals surface area contributed by atoms with Crippen LogP contribution in [0.3, 0.4) is 0 Å². The molecule has 0 N–H and O–H groups in total. The number of aromatic nitrogens is 8. The zero-order valence-corrected chi connectivity index (χ0v) is 40.7. The predicted octanol–water partition coefficient (Wildman–Crippen LogP) is 4.78. The normalized spacial score (nSPS) is 18.7. The van der Waals surface area contributed by atoms with E-state index in [4.69, 9.17) is 19.0 Å². The van der Waals surface area contributed by atoms with Gasteiger partial charge in [-0.3, -0.25) is 18.6 Å². The maximum Gasteiger partial charge on any atom is 0.498 e. The lowest BCUT2D eigenvalue weighted by Gasteiger charge is -2.32. The standard InChI is InChI=1S/C18H18N6O3S.C14H18BN3O2.C10H12BrN3O3S/c1-3-27-22-16-12-28(25,26)23(2)17-7-6-15(21-18(16)17)13-9-20-24(11-13)14-5-4-8-19-10-14;1-13(2)14(3,4)20-15(19-13)11-8-17-18(10-11)12-6-5-7-16-9-12;1-3-17-13-7-6-18(15,16)14(2)8-4-5-9(11)12-10(7)8/h4-11H,3,12H2,1-2H3;5-10H,1-4H3;4-5H,3,6H2,1-2H3/b22-16+;;13-7+. The van der Waals surface area contributed by atoms with E-state index >= 15 is 0 Å². The summed E-state index contributed by atoms with van der Waals surface area (Å²) < 4.78 is 67.2. The van der Waals surface area contributed by atoms with Gasteiger partial charge in [-0.05, 0) is 106 Å². The van der Waals surface area contributed by atoms with E-state index in [2.05, 4.69) is 56.4 Å². The van der Waals surface area contributed by atoms with Crippen LogP contribution in [-0.2, 0) is 39.0 Å². The molecule has 24 heteroatoms. The molecule has 0 aromatic carbocycles. The maximum atomic E-state index is 12.4. The molecule has 0 bridgehead atoms. The molecule has 9 heterocycles. The summed E-state index contributed by atoms with van der Waals surface area (Å²) in [6, 6.07) is 14.4. The van der Waals surface area contributed by atoms with Crippen LogP contribution in [0.4, 0.5) is 11.4 Å². The highest BCUT2D eigenvalue weighted by atomic mass is 79.9. The second-order valence-corrected chi connectivity index (χ2v) is 20.6. The van der Waals surface area contributed by atoms with Crippen LogP contribution < -0.4 is 14.1 Å². The summed E-state index contributed by atoms with van der Waals surface area (Å²) in [6.45, 7) is 12.4. The predicted molar refractivity (Wildman–Crippen MR) is 254 cm³/mol. The van der Waals surface area contributed by atoms with Crippen molar-refractivity contribution >= 4 is 71.4 Å². The third kappa shape index (κ3) is 10.3. The second kappa shape index (κ2) is 19.4. The maximum absolute atomic E-state index is 12.4. The quantitative estimate of drug-likeness (QED) is 0.114. The largest absolute Gasteiger partial charge is 0.498 e. The number of hydrogen-bond acceptors (Lipinski definition) is 16. The molecule has 1 fully saturated rings. The highest BCUT2D eigenvalue weighted by Crippen LogP contribution is 2.37. The lowest BCUT2D eigenvalue weighted by Crippen LogP contribution is -2.41. The first-order valence-corrected chi connectivity index (χ1v) is 24.6. The average Bonchev–Trinajstić information content (AvgIpc) is 4.05. The fourth-order valence-corrected chi connectivity index (χ4v) is 9.19. The highest BCUT2D eigenvalue weighted by molar-refractivity contribution is 9.10. The van der Waals surface area contributed by atoms with E-state index in [1.54, 1.807) is 84.7 Å². The van der Waals surface area contributed by atoms with Crippen molar-refractivity contribution < 1.29 is 35.8 Å². The molecule has 3 aliphatic heterocycles. The average molecular weight is 1000 g/mol. The Labute approximate surface area is 392 Å². The zero-order valence-electron chi connectivity index (χ0n) is 37.5. The highest BCUT2D eigenvalue weighted by Gasteiger charge is 2.52. The molecular formula is C42H48BBrN12O8S2. The van der Waals surface area contributed by atoms with Gasteiger partial charge in [0.15, 0.2) is 0 Å². The number of rotatable bonds is 8. The summed E-state index contributed by atoms with van der Waals surface area (Å²) in [6.07, 6.45) is 14.1. The van der Waals surface area contributed by atoms with E-state index in [0.29, 0.717) is 52.0 Å².